The third-order valence-corrected chi connectivity index (χ3v) is 6.79. The van der Waals surface area contributed by atoms with E-state index in [0.29, 0.717) is 6.42 Å². The fourth-order valence-electron chi connectivity index (χ4n) is 4.18. The molecule has 12 nitrogen and oxygen atoms in total. The van der Waals surface area contributed by atoms with E-state index in [2.05, 4.69) is 20.9 Å². The second-order valence-electron chi connectivity index (χ2n) is 10.2. The Morgan fingerprint density at radius 1 is 0.949 bits per heavy atom. The molecule has 0 fully saturated rings. The van der Waals surface area contributed by atoms with Gasteiger partial charge in [0.05, 0.1) is 6.04 Å². The van der Waals surface area contributed by atoms with Gasteiger partial charge in [-0.25, -0.2) is 4.79 Å². The van der Waals surface area contributed by atoms with Gasteiger partial charge in [-0.15, -0.1) is 0 Å². The topological polar surface area (TPSA) is 209 Å². The molecule has 2 rings (SSSR count). The van der Waals surface area contributed by atoms with Crippen LogP contribution in [0.4, 0.5) is 0 Å². The van der Waals surface area contributed by atoms with Gasteiger partial charge in [-0.05, 0) is 36.3 Å². The molecule has 12 heteroatoms. The van der Waals surface area contributed by atoms with Crippen LogP contribution >= 0.6 is 0 Å². The number of fused-ring (bicyclic) bond motifs is 1. The Balaban J connectivity index is 2.13. The number of hydrogen-bond donors (Lipinski definition) is 7. The van der Waals surface area contributed by atoms with Crippen molar-refractivity contribution in [3.63, 3.8) is 0 Å². The first-order valence-electron chi connectivity index (χ1n) is 13.1. The number of carboxylic acids is 1. The Kier molecular flexibility index (Phi) is 11.5. The molecule has 0 spiro atoms. The standard InChI is InChI=1S/C27H40N6O6/c1-5-15(4)23(27(38)39)33-25(36)20(10-11-21(29)34)31-26(37)22(14(2)3)32-24(35)18(28)12-16-13-30-19-9-7-6-8-17(16)19/h6-9,13-15,18,20,22-23,30H,5,10-12,28H2,1-4H3,(H2,29,34)(H,31,37)(H,32,35)(H,33,36)(H,38,39). The number of primary amides is 1. The largest absolute Gasteiger partial charge is 0.480 e. The maximum absolute atomic E-state index is 13.2. The van der Waals surface area contributed by atoms with E-state index < -0.39 is 53.8 Å². The molecule has 1 aromatic heterocycles. The van der Waals surface area contributed by atoms with E-state index in [-0.39, 0.29) is 31.1 Å². The van der Waals surface area contributed by atoms with Crippen LogP contribution in [0.2, 0.25) is 0 Å². The third-order valence-electron chi connectivity index (χ3n) is 6.79. The van der Waals surface area contributed by atoms with Gasteiger partial charge in [-0.1, -0.05) is 52.3 Å². The Bertz CT molecular complexity index is 1180. The second kappa shape index (κ2) is 14.3. The molecular weight excluding hydrogens is 504 g/mol. The molecule has 0 aliphatic heterocycles. The zero-order chi connectivity index (χ0) is 29.3. The lowest BCUT2D eigenvalue weighted by Crippen LogP contribution is -2.59. The molecule has 5 unspecified atom stereocenters. The number of nitrogens with two attached hydrogens (primary N) is 2. The number of carbonyl (C=O) groups excluding carboxylic acids is 4. The summed E-state index contributed by atoms with van der Waals surface area (Å²) in [4.78, 5) is 65.4. The summed E-state index contributed by atoms with van der Waals surface area (Å²) in [6.07, 6.45) is 2.16. The molecule has 0 bridgehead atoms. The molecule has 2 aromatic rings. The minimum absolute atomic E-state index is 0.140. The van der Waals surface area contributed by atoms with Gasteiger partial charge in [0.1, 0.15) is 18.1 Å². The van der Waals surface area contributed by atoms with Crippen LogP contribution in [-0.4, -0.2) is 63.9 Å². The SMILES string of the molecule is CCC(C)C(NC(=O)C(CCC(N)=O)NC(=O)C(NC(=O)C(N)Cc1c[nH]c2ccccc12)C(C)C)C(=O)O. The van der Waals surface area contributed by atoms with Crippen LogP contribution in [0.1, 0.15) is 52.5 Å². The number of aromatic amines is 1. The van der Waals surface area contributed by atoms with E-state index >= 15 is 0 Å². The first-order valence-corrected chi connectivity index (χ1v) is 13.1. The fourth-order valence-corrected chi connectivity index (χ4v) is 4.18. The Morgan fingerprint density at radius 3 is 2.18 bits per heavy atom. The predicted octanol–water partition coefficient (Wildman–Crippen LogP) is 0.544. The van der Waals surface area contributed by atoms with Crippen LogP contribution in [0, 0.1) is 11.8 Å². The summed E-state index contributed by atoms with van der Waals surface area (Å²) in [6.45, 7) is 6.91. The Morgan fingerprint density at radius 2 is 1.59 bits per heavy atom. The van der Waals surface area contributed by atoms with Gasteiger partial charge in [0.25, 0.3) is 0 Å². The average molecular weight is 545 g/mol. The van der Waals surface area contributed by atoms with Gasteiger partial charge in [-0.3, -0.25) is 19.2 Å². The monoisotopic (exact) mass is 544 g/mol. The van der Waals surface area contributed by atoms with Crippen LogP contribution in [0.25, 0.3) is 10.9 Å². The van der Waals surface area contributed by atoms with E-state index in [1.54, 1.807) is 33.9 Å². The van der Waals surface area contributed by atoms with Crippen molar-refractivity contribution in [1.82, 2.24) is 20.9 Å². The smallest absolute Gasteiger partial charge is 0.326 e. The number of aliphatic carboxylic acids is 1. The molecule has 5 atom stereocenters. The van der Waals surface area contributed by atoms with Crippen molar-refractivity contribution in [2.75, 3.05) is 0 Å². The number of hydrogen-bond acceptors (Lipinski definition) is 6. The number of carbonyl (C=O) groups is 5. The zero-order valence-electron chi connectivity index (χ0n) is 22.8. The van der Waals surface area contributed by atoms with E-state index in [0.717, 1.165) is 16.5 Å². The summed E-state index contributed by atoms with van der Waals surface area (Å²) >= 11 is 0. The van der Waals surface area contributed by atoms with Gasteiger partial charge < -0.3 is 37.5 Å². The summed E-state index contributed by atoms with van der Waals surface area (Å²) in [7, 11) is 0. The quantitative estimate of drug-likeness (QED) is 0.169. The van der Waals surface area contributed by atoms with Crippen molar-refractivity contribution in [3.05, 3.63) is 36.0 Å². The number of para-hydroxylation sites is 1. The van der Waals surface area contributed by atoms with Crippen molar-refractivity contribution < 1.29 is 29.1 Å². The molecule has 0 aliphatic rings. The average Bonchev–Trinajstić information content (AvgIpc) is 3.29. The summed E-state index contributed by atoms with van der Waals surface area (Å²) in [5.41, 5.74) is 13.2. The lowest BCUT2D eigenvalue weighted by molar-refractivity contribution is -0.144. The number of H-pyrrole nitrogens is 1. The third kappa shape index (κ3) is 8.81. The van der Waals surface area contributed by atoms with E-state index in [1.807, 2.05) is 24.3 Å². The van der Waals surface area contributed by atoms with Gasteiger partial charge in [0.15, 0.2) is 0 Å². The van der Waals surface area contributed by atoms with Crippen LogP contribution < -0.4 is 27.4 Å². The highest BCUT2D eigenvalue weighted by molar-refractivity contribution is 5.94. The maximum atomic E-state index is 13.2. The Labute approximate surface area is 227 Å². The molecule has 4 amide bonds. The number of amides is 4. The molecule has 0 saturated carbocycles. The zero-order valence-corrected chi connectivity index (χ0v) is 22.8. The Hall–Kier alpha value is -3.93. The van der Waals surface area contributed by atoms with E-state index in [9.17, 15) is 29.1 Å². The van der Waals surface area contributed by atoms with Crippen molar-refractivity contribution in [2.45, 2.75) is 77.5 Å². The van der Waals surface area contributed by atoms with Crippen LogP contribution in [-0.2, 0) is 30.4 Å². The van der Waals surface area contributed by atoms with Crippen molar-refractivity contribution >= 4 is 40.5 Å². The van der Waals surface area contributed by atoms with Gasteiger partial charge in [0, 0.05) is 23.5 Å². The maximum Gasteiger partial charge on any atom is 0.326 e. The second-order valence-corrected chi connectivity index (χ2v) is 10.2. The highest BCUT2D eigenvalue weighted by Crippen LogP contribution is 2.19. The summed E-state index contributed by atoms with van der Waals surface area (Å²) in [6, 6.07) is 3.20. The van der Waals surface area contributed by atoms with E-state index in [4.69, 9.17) is 11.5 Å². The summed E-state index contributed by atoms with van der Waals surface area (Å²) in [5, 5.41) is 18.1. The molecule has 39 heavy (non-hydrogen) atoms. The molecule has 0 saturated heterocycles. The molecule has 9 N–H and O–H groups in total. The van der Waals surface area contributed by atoms with Gasteiger partial charge in [-0.2, -0.15) is 0 Å². The number of rotatable bonds is 15. The first kappa shape index (κ1) is 31.3. The predicted molar refractivity (Wildman–Crippen MR) is 146 cm³/mol. The summed E-state index contributed by atoms with van der Waals surface area (Å²) < 4.78 is 0. The molecular formula is C27H40N6O6. The van der Waals surface area contributed by atoms with Gasteiger partial charge >= 0.3 is 5.97 Å². The lowest BCUT2D eigenvalue weighted by atomic mass is 9.98. The highest BCUT2D eigenvalue weighted by atomic mass is 16.4. The highest BCUT2D eigenvalue weighted by Gasteiger charge is 2.33. The number of nitrogens with one attached hydrogen (secondary N) is 4. The number of aromatic nitrogens is 1. The normalized spacial score (nSPS) is 15.1. The molecule has 1 aromatic carbocycles. The molecule has 1 heterocycles. The number of benzene rings is 1. The minimum atomic E-state index is -1.24. The lowest BCUT2D eigenvalue weighted by Gasteiger charge is -2.27. The van der Waals surface area contributed by atoms with Crippen molar-refractivity contribution in [2.24, 2.45) is 23.3 Å². The molecule has 0 aliphatic carbocycles. The minimum Gasteiger partial charge on any atom is -0.480 e. The van der Waals surface area contributed by atoms with Crippen molar-refractivity contribution in [1.29, 1.82) is 0 Å². The molecule has 0 radical (unpaired) electrons. The first-order chi connectivity index (χ1) is 18.3. The fraction of sp³-hybridized carbons (Fsp3) is 0.519. The van der Waals surface area contributed by atoms with Crippen molar-refractivity contribution in [3.8, 4) is 0 Å². The van der Waals surface area contributed by atoms with Gasteiger partial charge in [0.2, 0.25) is 23.6 Å². The van der Waals surface area contributed by atoms with Crippen LogP contribution in [0.15, 0.2) is 30.5 Å². The van der Waals surface area contributed by atoms with Crippen LogP contribution in [0.5, 0.6) is 0 Å². The molecule has 214 valence electrons. The van der Waals surface area contributed by atoms with E-state index in [1.165, 1.54) is 0 Å². The number of carboxylic acid groups (broad SMARTS) is 1. The summed E-state index contributed by atoms with van der Waals surface area (Å²) in [5.74, 6) is -4.62. The van der Waals surface area contributed by atoms with Crippen LogP contribution in [0.3, 0.4) is 0 Å².